The van der Waals surface area contributed by atoms with Crippen LogP contribution in [0.2, 0.25) is 0 Å². The lowest BCUT2D eigenvalue weighted by Crippen LogP contribution is -2.28. The van der Waals surface area contributed by atoms with E-state index in [0.717, 1.165) is 5.56 Å². The molecule has 0 aliphatic carbocycles. The number of nitrogens with one attached hydrogen (secondary N) is 1. The average Bonchev–Trinajstić information content (AvgIpc) is 2.60. The topological polar surface area (TPSA) is 60.5 Å². The second-order valence-corrected chi connectivity index (χ2v) is 6.27. The fraction of sp³-hybridized carbons (Fsp3) is 0.368. The van der Waals surface area contributed by atoms with E-state index < -0.39 is 6.36 Å². The number of rotatable bonds is 8. The van der Waals surface area contributed by atoms with E-state index in [9.17, 15) is 18.0 Å². The fourth-order valence-electron chi connectivity index (χ4n) is 2.12. The minimum absolute atomic E-state index is 0.215. The number of hydrogen-bond acceptors (Lipinski definition) is 4. The maximum Gasteiger partial charge on any atom is 0.573 e. The second kappa shape index (κ2) is 9.25. The molecular formula is C19H21F3N2O3. The van der Waals surface area contributed by atoms with Crippen molar-refractivity contribution in [2.24, 2.45) is 5.92 Å². The van der Waals surface area contributed by atoms with Gasteiger partial charge in [0.1, 0.15) is 17.2 Å². The van der Waals surface area contributed by atoms with E-state index in [2.05, 4.69) is 15.0 Å². The van der Waals surface area contributed by atoms with Crippen LogP contribution in [0.15, 0.2) is 42.6 Å². The Morgan fingerprint density at radius 1 is 1.11 bits per heavy atom. The lowest BCUT2D eigenvalue weighted by Gasteiger charge is -2.10. The predicted molar refractivity (Wildman–Crippen MR) is 93.7 cm³/mol. The number of halogens is 3. The Hall–Kier alpha value is -2.77. The van der Waals surface area contributed by atoms with Crippen LogP contribution in [-0.4, -0.2) is 30.4 Å². The van der Waals surface area contributed by atoms with Crippen LogP contribution in [0.4, 0.5) is 13.2 Å². The Labute approximate surface area is 155 Å². The largest absolute Gasteiger partial charge is 0.573 e. The Bertz CT molecular complexity index is 729. The zero-order valence-corrected chi connectivity index (χ0v) is 15.0. The molecule has 2 rings (SSSR count). The molecule has 0 unspecified atom stereocenters. The molecule has 0 aliphatic rings. The molecule has 5 nitrogen and oxygen atoms in total. The van der Waals surface area contributed by atoms with Crippen molar-refractivity contribution in [3.05, 3.63) is 53.9 Å². The molecular weight excluding hydrogens is 361 g/mol. The van der Waals surface area contributed by atoms with E-state index in [4.69, 9.17) is 4.74 Å². The molecule has 0 fully saturated rings. The molecule has 0 saturated heterocycles. The number of ether oxygens (including phenoxy) is 2. The number of amides is 1. The first-order chi connectivity index (χ1) is 12.7. The van der Waals surface area contributed by atoms with Crippen molar-refractivity contribution in [2.45, 2.75) is 26.6 Å². The molecule has 0 spiro atoms. The lowest BCUT2D eigenvalue weighted by atomic mass is 10.2. The highest BCUT2D eigenvalue weighted by Crippen LogP contribution is 2.24. The van der Waals surface area contributed by atoms with Gasteiger partial charge in [0, 0.05) is 19.2 Å². The van der Waals surface area contributed by atoms with Crippen molar-refractivity contribution in [3.63, 3.8) is 0 Å². The van der Waals surface area contributed by atoms with Gasteiger partial charge in [0.15, 0.2) is 0 Å². The minimum atomic E-state index is -4.72. The van der Waals surface area contributed by atoms with E-state index in [0.29, 0.717) is 36.9 Å². The summed E-state index contributed by atoms with van der Waals surface area (Å²) >= 11 is 0. The van der Waals surface area contributed by atoms with Gasteiger partial charge in [-0.05, 0) is 41.8 Å². The summed E-state index contributed by atoms with van der Waals surface area (Å²) in [5, 5.41) is 2.79. The molecule has 0 atom stereocenters. The van der Waals surface area contributed by atoms with Gasteiger partial charge in [0.25, 0.3) is 5.91 Å². The van der Waals surface area contributed by atoms with Crippen LogP contribution in [0.5, 0.6) is 11.5 Å². The van der Waals surface area contributed by atoms with E-state index in [1.54, 1.807) is 18.3 Å². The first-order valence-corrected chi connectivity index (χ1v) is 8.44. The Morgan fingerprint density at radius 2 is 1.78 bits per heavy atom. The zero-order valence-electron chi connectivity index (χ0n) is 15.0. The predicted octanol–water partition coefficient (Wildman–Crippen LogP) is 3.99. The number of pyridine rings is 1. The molecule has 1 aromatic heterocycles. The quantitative estimate of drug-likeness (QED) is 0.750. The first kappa shape index (κ1) is 20.5. The fourth-order valence-corrected chi connectivity index (χ4v) is 2.12. The molecule has 27 heavy (non-hydrogen) atoms. The van der Waals surface area contributed by atoms with Crippen molar-refractivity contribution in [1.29, 1.82) is 0 Å². The summed E-state index contributed by atoms with van der Waals surface area (Å²) in [6, 6.07) is 8.63. The molecule has 0 radical (unpaired) electrons. The van der Waals surface area contributed by atoms with Gasteiger partial charge >= 0.3 is 6.36 Å². The van der Waals surface area contributed by atoms with Gasteiger partial charge in [0.2, 0.25) is 0 Å². The first-order valence-electron chi connectivity index (χ1n) is 8.44. The third kappa shape index (κ3) is 7.55. The summed E-state index contributed by atoms with van der Waals surface area (Å²) in [6.07, 6.45) is -2.57. The summed E-state index contributed by atoms with van der Waals surface area (Å²) in [5.74, 6) is 0.277. The number of carbonyl (C=O) groups is 1. The van der Waals surface area contributed by atoms with Gasteiger partial charge in [0.05, 0.1) is 6.61 Å². The van der Waals surface area contributed by atoms with E-state index >= 15 is 0 Å². The van der Waals surface area contributed by atoms with Crippen molar-refractivity contribution in [3.8, 4) is 11.5 Å². The van der Waals surface area contributed by atoms with Crippen LogP contribution >= 0.6 is 0 Å². The maximum absolute atomic E-state index is 12.1. The van der Waals surface area contributed by atoms with Gasteiger partial charge in [-0.1, -0.05) is 19.9 Å². The van der Waals surface area contributed by atoms with E-state index in [-0.39, 0.29) is 11.7 Å². The van der Waals surface area contributed by atoms with Crippen molar-refractivity contribution < 1.29 is 27.4 Å². The smallest absolute Gasteiger partial charge is 0.493 e. The summed E-state index contributed by atoms with van der Waals surface area (Å²) in [4.78, 5) is 16.0. The third-order valence-corrected chi connectivity index (χ3v) is 3.45. The number of benzene rings is 1. The molecule has 0 saturated carbocycles. The molecule has 1 amide bonds. The van der Waals surface area contributed by atoms with Gasteiger partial charge in [-0.15, -0.1) is 13.2 Å². The van der Waals surface area contributed by atoms with Crippen molar-refractivity contribution >= 4 is 5.91 Å². The molecule has 0 bridgehead atoms. The standard InChI is InChI=1S/C19H21F3N2O3/c1-13(2)11-24-18(25)17-8-3-14(12-23-17)9-10-26-15-4-6-16(7-5-15)27-19(20,21)22/h3-8,12-13H,9-11H2,1-2H3,(H,24,25). The van der Waals surface area contributed by atoms with Crippen LogP contribution in [0.1, 0.15) is 29.9 Å². The van der Waals surface area contributed by atoms with Gasteiger partial charge < -0.3 is 14.8 Å². The zero-order chi connectivity index (χ0) is 19.9. The summed E-state index contributed by atoms with van der Waals surface area (Å²) < 4.78 is 45.6. The maximum atomic E-state index is 12.1. The molecule has 146 valence electrons. The summed E-state index contributed by atoms with van der Waals surface area (Å²) in [6.45, 7) is 4.92. The highest BCUT2D eigenvalue weighted by molar-refractivity contribution is 5.92. The molecule has 1 N–H and O–H groups in total. The Morgan fingerprint density at radius 3 is 2.33 bits per heavy atom. The lowest BCUT2D eigenvalue weighted by molar-refractivity contribution is -0.274. The van der Waals surface area contributed by atoms with E-state index in [1.165, 1.54) is 24.3 Å². The third-order valence-electron chi connectivity index (χ3n) is 3.45. The van der Waals surface area contributed by atoms with E-state index in [1.807, 2.05) is 13.8 Å². The van der Waals surface area contributed by atoms with Gasteiger partial charge in [-0.25, -0.2) is 0 Å². The van der Waals surface area contributed by atoms with Crippen molar-refractivity contribution in [1.82, 2.24) is 10.3 Å². The Balaban J connectivity index is 1.79. The average molecular weight is 382 g/mol. The number of hydrogen-bond donors (Lipinski definition) is 1. The van der Waals surface area contributed by atoms with Crippen LogP contribution in [0.25, 0.3) is 0 Å². The Kier molecular flexibility index (Phi) is 7.04. The van der Waals surface area contributed by atoms with Gasteiger partial charge in [-0.3, -0.25) is 9.78 Å². The van der Waals surface area contributed by atoms with Crippen molar-refractivity contribution in [2.75, 3.05) is 13.2 Å². The molecule has 1 heterocycles. The van der Waals surface area contributed by atoms with Crippen LogP contribution < -0.4 is 14.8 Å². The highest BCUT2D eigenvalue weighted by atomic mass is 19.4. The number of alkyl halides is 3. The van der Waals surface area contributed by atoms with Gasteiger partial charge in [-0.2, -0.15) is 0 Å². The number of carbonyl (C=O) groups excluding carboxylic acids is 1. The molecule has 8 heteroatoms. The summed E-state index contributed by atoms with van der Waals surface area (Å²) in [7, 11) is 0. The van der Waals surface area contributed by atoms with Crippen LogP contribution in [-0.2, 0) is 6.42 Å². The molecule has 1 aromatic carbocycles. The molecule has 2 aromatic rings. The molecule has 0 aliphatic heterocycles. The highest BCUT2D eigenvalue weighted by Gasteiger charge is 2.30. The SMILES string of the molecule is CC(C)CNC(=O)c1ccc(CCOc2ccc(OC(F)(F)F)cc2)cn1. The number of aromatic nitrogens is 1. The monoisotopic (exact) mass is 382 g/mol. The summed E-state index contributed by atoms with van der Waals surface area (Å²) in [5.41, 5.74) is 1.23. The second-order valence-electron chi connectivity index (χ2n) is 6.27. The number of nitrogens with zero attached hydrogens (tertiary/aromatic N) is 1. The minimum Gasteiger partial charge on any atom is -0.493 e. The van der Waals surface area contributed by atoms with Crippen LogP contribution in [0.3, 0.4) is 0 Å². The van der Waals surface area contributed by atoms with Crippen LogP contribution in [0, 0.1) is 5.92 Å². The normalized spacial score (nSPS) is 11.3.